The van der Waals surface area contributed by atoms with E-state index in [1.165, 1.54) is 37.0 Å². The zero-order valence-corrected chi connectivity index (χ0v) is 12.8. The zero-order valence-electron chi connectivity index (χ0n) is 12.8. The van der Waals surface area contributed by atoms with Gasteiger partial charge in [-0.2, -0.15) is 0 Å². The molecule has 2 atom stereocenters. The van der Waals surface area contributed by atoms with E-state index in [0.29, 0.717) is 12.0 Å². The molecule has 20 heavy (non-hydrogen) atoms. The lowest BCUT2D eigenvalue weighted by Crippen LogP contribution is -2.44. The second kappa shape index (κ2) is 5.57. The molecule has 3 rings (SSSR count). The standard InChI is InChI=1S/C17H25N3/c1-4-9-19(10-5-2)16-11-20-12-18-15-8-6-7-14(13(16)3)17(15)20/h6-8,12-13,16H,4-5,9-11H2,1-3H3. The third-order valence-corrected chi connectivity index (χ3v) is 4.61. The molecule has 0 fully saturated rings. The number of imidazole rings is 1. The van der Waals surface area contributed by atoms with E-state index in [1.807, 2.05) is 6.33 Å². The number of rotatable bonds is 5. The summed E-state index contributed by atoms with van der Waals surface area (Å²) in [6.45, 7) is 10.4. The molecule has 108 valence electrons. The lowest BCUT2D eigenvalue weighted by atomic mass is 9.88. The first-order valence-corrected chi connectivity index (χ1v) is 7.94. The van der Waals surface area contributed by atoms with Crippen molar-refractivity contribution in [2.24, 2.45) is 0 Å². The second-order valence-corrected chi connectivity index (χ2v) is 6.00. The molecule has 0 spiro atoms. The molecule has 0 saturated carbocycles. The van der Waals surface area contributed by atoms with Crippen LogP contribution in [0.25, 0.3) is 11.0 Å². The van der Waals surface area contributed by atoms with Crippen molar-refractivity contribution in [1.82, 2.24) is 14.5 Å². The van der Waals surface area contributed by atoms with Gasteiger partial charge in [0.1, 0.15) is 0 Å². The topological polar surface area (TPSA) is 21.1 Å². The fourth-order valence-electron chi connectivity index (χ4n) is 3.68. The first kappa shape index (κ1) is 13.6. The molecule has 1 aromatic carbocycles. The molecule has 2 aromatic rings. The third kappa shape index (κ3) is 2.14. The summed E-state index contributed by atoms with van der Waals surface area (Å²) in [6, 6.07) is 7.16. The number of aromatic nitrogens is 2. The van der Waals surface area contributed by atoms with Gasteiger partial charge in [-0.15, -0.1) is 0 Å². The van der Waals surface area contributed by atoms with E-state index >= 15 is 0 Å². The van der Waals surface area contributed by atoms with E-state index in [2.05, 4.69) is 53.4 Å². The van der Waals surface area contributed by atoms with Crippen molar-refractivity contribution in [3.63, 3.8) is 0 Å². The monoisotopic (exact) mass is 271 g/mol. The van der Waals surface area contributed by atoms with Crippen molar-refractivity contribution in [3.05, 3.63) is 30.1 Å². The molecule has 0 saturated heterocycles. The molecular formula is C17H25N3. The average molecular weight is 271 g/mol. The summed E-state index contributed by atoms with van der Waals surface area (Å²) in [5.41, 5.74) is 3.96. The summed E-state index contributed by atoms with van der Waals surface area (Å²) in [4.78, 5) is 7.23. The Hall–Kier alpha value is -1.35. The van der Waals surface area contributed by atoms with Crippen molar-refractivity contribution >= 4 is 11.0 Å². The van der Waals surface area contributed by atoms with Crippen LogP contribution in [0.3, 0.4) is 0 Å². The highest BCUT2D eigenvalue weighted by Gasteiger charge is 2.31. The minimum absolute atomic E-state index is 0.584. The minimum Gasteiger partial charge on any atom is -0.329 e. The average Bonchev–Trinajstić information content (AvgIpc) is 2.87. The molecule has 1 aliphatic heterocycles. The van der Waals surface area contributed by atoms with Gasteiger partial charge in [0.05, 0.1) is 17.4 Å². The van der Waals surface area contributed by atoms with E-state index in [9.17, 15) is 0 Å². The quantitative estimate of drug-likeness (QED) is 0.827. The molecule has 1 aromatic heterocycles. The Kier molecular flexibility index (Phi) is 3.79. The van der Waals surface area contributed by atoms with E-state index < -0.39 is 0 Å². The number of hydrogen-bond donors (Lipinski definition) is 0. The number of hydrogen-bond acceptors (Lipinski definition) is 2. The van der Waals surface area contributed by atoms with E-state index in [0.717, 1.165) is 12.1 Å². The molecule has 0 bridgehead atoms. The van der Waals surface area contributed by atoms with Crippen LogP contribution in [0.15, 0.2) is 24.5 Å². The van der Waals surface area contributed by atoms with Gasteiger partial charge in [-0.1, -0.05) is 32.9 Å². The molecule has 0 aliphatic carbocycles. The Balaban J connectivity index is 1.97. The Bertz CT molecular complexity index is 581. The van der Waals surface area contributed by atoms with Gasteiger partial charge in [0, 0.05) is 18.5 Å². The minimum atomic E-state index is 0.584. The Morgan fingerprint density at radius 2 is 2.00 bits per heavy atom. The Morgan fingerprint density at radius 3 is 2.70 bits per heavy atom. The van der Waals surface area contributed by atoms with Gasteiger partial charge in [0.25, 0.3) is 0 Å². The van der Waals surface area contributed by atoms with Crippen molar-refractivity contribution in [1.29, 1.82) is 0 Å². The SMILES string of the molecule is CCCN(CCC)C1Cn2cnc3cccc(c32)C1C. The highest BCUT2D eigenvalue weighted by atomic mass is 15.2. The van der Waals surface area contributed by atoms with Crippen LogP contribution < -0.4 is 0 Å². The van der Waals surface area contributed by atoms with Crippen LogP contribution in [0.4, 0.5) is 0 Å². The molecule has 3 heteroatoms. The number of para-hydroxylation sites is 1. The summed E-state index contributed by atoms with van der Waals surface area (Å²) in [5, 5.41) is 0. The second-order valence-electron chi connectivity index (χ2n) is 6.00. The largest absolute Gasteiger partial charge is 0.329 e. The van der Waals surface area contributed by atoms with Gasteiger partial charge >= 0.3 is 0 Å². The highest BCUT2D eigenvalue weighted by molar-refractivity contribution is 5.80. The molecular weight excluding hydrogens is 246 g/mol. The van der Waals surface area contributed by atoms with Crippen LogP contribution in [0.5, 0.6) is 0 Å². The lowest BCUT2D eigenvalue weighted by molar-refractivity contribution is 0.153. The van der Waals surface area contributed by atoms with Crippen LogP contribution in [-0.2, 0) is 6.54 Å². The van der Waals surface area contributed by atoms with Gasteiger partial charge in [-0.3, -0.25) is 4.90 Å². The van der Waals surface area contributed by atoms with Gasteiger partial charge in [0.2, 0.25) is 0 Å². The zero-order chi connectivity index (χ0) is 14.1. The predicted octanol–water partition coefficient (Wildman–Crippen LogP) is 3.64. The summed E-state index contributed by atoms with van der Waals surface area (Å²) in [7, 11) is 0. The molecule has 0 amide bonds. The molecule has 1 aliphatic rings. The normalized spacial score (nSPS) is 21.8. The summed E-state index contributed by atoms with van der Waals surface area (Å²) in [6.07, 6.45) is 4.47. The Morgan fingerprint density at radius 1 is 1.25 bits per heavy atom. The number of nitrogens with zero attached hydrogens (tertiary/aromatic N) is 3. The molecule has 2 heterocycles. The van der Waals surface area contributed by atoms with E-state index in [1.54, 1.807) is 0 Å². The van der Waals surface area contributed by atoms with Crippen LogP contribution >= 0.6 is 0 Å². The summed E-state index contributed by atoms with van der Waals surface area (Å²) < 4.78 is 2.35. The maximum atomic E-state index is 4.55. The fraction of sp³-hybridized carbons (Fsp3) is 0.588. The first-order chi connectivity index (χ1) is 9.76. The molecule has 3 nitrogen and oxygen atoms in total. The van der Waals surface area contributed by atoms with E-state index in [4.69, 9.17) is 0 Å². The molecule has 0 radical (unpaired) electrons. The van der Waals surface area contributed by atoms with Crippen molar-refractivity contribution < 1.29 is 0 Å². The first-order valence-electron chi connectivity index (χ1n) is 7.94. The highest BCUT2D eigenvalue weighted by Crippen LogP contribution is 2.35. The predicted molar refractivity (Wildman–Crippen MR) is 84.1 cm³/mol. The van der Waals surface area contributed by atoms with Gasteiger partial charge in [-0.05, 0) is 37.6 Å². The van der Waals surface area contributed by atoms with Gasteiger partial charge in [0.15, 0.2) is 0 Å². The van der Waals surface area contributed by atoms with Crippen molar-refractivity contribution in [2.75, 3.05) is 13.1 Å². The van der Waals surface area contributed by atoms with Crippen LogP contribution in [0, 0.1) is 0 Å². The Labute approximate surface area is 121 Å². The maximum Gasteiger partial charge on any atom is 0.0958 e. The van der Waals surface area contributed by atoms with Crippen LogP contribution in [-0.4, -0.2) is 33.6 Å². The summed E-state index contributed by atoms with van der Waals surface area (Å²) >= 11 is 0. The molecule has 2 unspecified atom stereocenters. The van der Waals surface area contributed by atoms with Gasteiger partial charge < -0.3 is 4.57 Å². The molecule has 0 N–H and O–H groups in total. The lowest BCUT2D eigenvalue weighted by Gasteiger charge is -2.39. The van der Waals surface area contributed by atoms with Crippen molar-refractivity contribution in [3.8, 4) is 0 Å². The summed E-state index contributed by atoms with van der Waals surface area (Å²) in [5.74, 6) is 0.584. The number of benzene rings is 1. The van der Waals surface area contributed by atoms with Crippen molar-refractivity contribution in [2.45, 2.75) is 52.1 Å². The van der Waals surface area contributed by atoms with E-state index in [-0.39, 0.29) is 0 Å². The fourth-order valence-corrected chi connectivity index (χ4v) is 3.68. The third-order valence-electron chi connectivity index (χ3n) is 4.61. The maximum absolute atomic E-state index is 4.55. The van der Waals surface area contributed by atoms with Crippen LogP contribution in [0.1, 0.15) is 45.1 Å². The van der Waals surface area contributed by atoms with Gasteiger partial charge in [-0.25, -0.2) is 4.98 Å². The smallest absolute Gasteiger partial charge is 0.0958 e. The van der Waals surface area contributed by atoms with Crippen LogP contribution in [0.2, 0.25) is 0 Å².